The molecule has 5 heteroatoms. The monoisotopic (exact) mass is 357 g/mol. The SMILES string of the molecule is c1cc2nc(c1)NC[C@@H]1CCCC[C@H]1NCCN[C@@H]1CCCC[C@H]1NC2. The number of aromatic nitrogens is 1. The number of hydrogen-bond acceptors (Lipinski definition) is 5. The molecule has 0 saturated heterocycles. The van der Waals surface area contributed by atoms with E-state index in [1.807, 2.05) is 0 Å². The molecule has 4 rings (SSSR count). The summed E-state index contributed by atoms with van der Waals surface area (Å²) in [6.45, 7) is 4.05. The summed E-state index contributed by atoms with van der Waals surface area (Å²) in [4.78, 5) is 4.84. The first-order valence-electron chi connectivity index (χ1n) is 10.8. The normalized spacial score (nSPS) is 33.7. The van der Waals surface area contributed by atoms with Crippen molar-refractivity contribution in [3.63, 3.8) is 0 Å². The van der Waals surface area contributed by atoms with Gasteiger partial charge in [-0.05, 0) is 43.7 Å². The minimum Gasteiger partial charge on any atom is -0.370 e. The third kappa shape index (κ3) is 4.76. The fourth-order valence-corrected chi connectivity index (χ4v) is 5.00. The van der Waals surface area contributed by atoms with Gasteiger partial charge in [0, 0.05) is 44.3 Å². The lowest BCUT2D eigenvalue weighted by molar-refractivity contribution is 0.260. The van der Waals surface area contributed by atoms with Crippen LogP contribution in [0.1, 0.15) is 57.1 Å². The Morgan fingerprint density at radius 3 is 2.31 bits per heavy atom. The van der Waals surface area contributed by atoms with Gasteiger partial charge in [-0.25, -0.2) is 4.98 Å². The molecule has 2 saturated carbocycles. The first kappa shape index (κ1) is 18.2. The highest BCUT2D eigenvalue weighted by Crippen LogP contribution is 2.25. The van der Waals surface area contributed by atoms with Crippen molar-refractivity contribution in [1.29, 1.82) is 0 Å². The van der Waals surface area contributed by atoms with Crippen LogP contribution in [-0.4, -0.2) is 42.7 Å². The van der Waals surface area contributed by atoms with E-state index >= 15 is 0 Å². The summed E-state index contributed by atoms with van der Waals surface area (Å²) in [7, 11) is 0. The van der Waals surface area contributed by atoms with Crippen LogP contribution < -0.4 is 21.3 Å². The molecule has 1 aromatic rings. The van der Waals surface area contributed by atoms with Gasteiger partial charge >= 0.3 is 0 Å². The van der Waals surface area contributed by atoms with Crippen LogP contribution in [0.3, 0.4) is 0 Å². The molecular weight excluding hydrogens is 322 g/mol. The van der Waals surface area contributed by atoms with E-state index in [1.165, 1.54) is 51.4 Å². The number of hydrogen-bond donors (Lipinski definition) is 4. The van der Waals surface area contributed by atoms with E-state index in [0.29, 0.717) is 24.0 Å². The van der Waals surface area contributed by atoms with Crippen LogP contribution in [0, 0.1) is 5.92 Å². The summed E-state index contributed by atoms with van der Waals surface area (Å²) >= 11 is 0. The zero-order valence-corrected chi connectivity index (χ0v) is 16.0. The zero-order valence-electron chi connectivity index (χ0n) is 16.0. The van der Waals surface area contributed by atoms with Gasteiger partial charge in [-0.15, -0.1) is 0 Å². The van der Waals surface area contributed by atoms with Crippen molar-refractivity contribution in [3.05, 3.63) is 23.9 Å². The van der Waals surface area contributed by atoms with Crippen LogP contribution in [0.4, 0.5) is 5.82 Å². The van der Waals surface area contributed by atoms with Crippen molar-refractivity contribution < 1.29 is 0 Å². The molecule has 26 heavy (non-hydrogen) atoms. The Hall–Kier alpha value is -1.17. The average Bonchev–Trinajstić information content (AvgIpc) is 2.69. The summed E-state index contributed by atoms with van der Waals surface area (Å²) in [6.07, 6.45) is 10.6. The van der Waals surface area contributed by atoms with E-state index in [4.69, 9.17) is 4.98 Å². The molecule has 0 unspecified atom stereocenters. The first-order chi connectivity index (χ1) is 12.9. The van der Waals surface area contributed by atoms with Gasteiger partial charge in [0.25, 0.3) is 0 Å². The minimum absolute atomic E-state index is 0.565. The van der Waals surface area contributed by atoms with E-state index < -0.39 is 0 Å². The van der Waals surface area contributed by atoms with Crippen LogP contribution in [0.25, 0.3) is 0 Å². The third-order valence-corrected chi connectivity index (χ3v) is 6.51. The molecule has 4 atom stereocenters. The number of pyridine rings is 1. The molecule has 2 bridgehead atoms. The summed E-state index contributed by atoms with van der Waals surface area (Å²) in [5.41, 5.74) is 1.15. The van der Waals surface area contributed by atoms with Crippen molar-refractivity contribution in [2.45, 2.75) is 76.0 Å². The smallest absolute Gasteiger partial charge is 0.126 e. The fraction of sp³-hybridized carbons (Fsp3) is 0.762. The highest BCUT2D eigenvalue weighted by molar-refractivity contribution is 5.35. The highest BCUT2D eigenvalue weighted by atomic mass is 15.1. The number of nitrogens with one attached hydrogen (secondary N) is 4. The molecule has 0 aromatic carbocycles. The molecule has 0 spiro atoms. The van der Waals surface area contributed by atoms with E-state index in [0.717, 1.165) is 37.7 Å². The molecule has 5 nitrogen and oxygen atoms in total. The van der Waals surface area contributed by atoms with Gasteiger partial charge in [0.2, 0.25) is 0 Å². The standard InChI is InChI=1S/C21H35N5/c1-2-8-18-16(6-1)14-25-21-11-5-7-17(26-21)15-24-20-10-4-3-9-19(20)23-13-12-22-18/h5,7,11,16,18-20,22-24H,1-4,6,8-10,12-15H2,(H,25,26)/t16-,18+,19+,20+/m0/s1. The van der Waals surface area contributed by atoms with E-state index in [9.17, 15) is 0 Å². The topological polar surface area (TPSA) is 61.0 Å². The van der Waals surface area contributed by atoms with Gasteiger partial charge in [-0.2, -0.15) is 0 Å². The highest BCUT2D eigenvalue weighted by Gasteiger charge is 2.26. The number of nitrogens with zero attached hydrogens (tertiary/aromatic N) is 1. The second-order valence-electron chi connectivity index (χ2n) is 8.33. The lowest BCUT2D eigenvalue weighted by Gasteiger charge is -2.34. The van der Waals surface area contributed by atoms with Crippen molar-refractivity contribution in [2.24, 2.45) is 5.92 Å². The second kappa shape index (κ2) is 9.16. The molecule has 0 radical (unpaired) electrons. The van der Waals surface area contributed by atoms with Crippen LogP contribution in [0.5, 0.6) is 0 Å². The largest absolute Gasteiger partial charge is 0.370 e. The second-order valence-corrected chi connectivity index (χ2v) is 8.33. The molecular formula is C21H35N5. The third-order valence-electron chi connectivity index (χ3n) is 6.51. The van der Waals surface area contributed by atoms with Gasteiger partial charge in [-0.3, -0.25) is 0 Å². The lowest BCUT2D eigenvalue weighted by atomic mass is 9.84. The van der Waals surface area contributed by atoms with Gasteiger partial charge in [0.15, 0.2) is 0 Å². The van der Waals surface area contributed by atoms with Crippen molar-refractivity contribution in [3.8, 4) is 0 Å². The minimum atomic E-state index is 0.565. The molecule has 4 N–H and O–H groups in total. The van der Waals surface area contributed by atoms with Crippen LogP contribution in [0.15, 0.2) is 18.2 Å². The molecule has 1 aromatic heterocycles. The Morgan fingerprint density at radius 1 is 0.769 bits per heavy atom. The Kier molecular flexibility index (Phi) is 6.41. The van der Waals surface area contributed by atoms with E-state index in [-0.39, 0.29) is 0 Å². The quantitative estimate of drug-likeness (QED) is 0.575. The first-order valence-corrected chi connectivity index (χ1v) is 10.8. The maximum absolute atomic E-state index is 4.84. The number of anilines is 1. The predicted octanol–water partition coefficient (Wildman–Crippen LogP) is 2.65. The Balaban J connectivity index is 1.47. The van der Waals surface area contributed by atoms with Crippen molar-refractivity contribution >= 4 is 5.82 Å². The zero-order chi connectivity index (χ0) is 17.6. The lowest BCUT2D eigenvalue weighted by Crippen LogP contribution is -2.51. The predicted molar refractivity (Wildman–Crippen MR) is 107 cm³/mol. The maximum Gasteiger partial charge on any atom is 0.126 e. The summed E-state index contributed by atoms with van der Waals surface area (Å²) in [5.74, 6) is 1.74. The molecule has 2 aliphatic carbocycles. The molecule has 1 aliphatic heterocycles. The molecule has 0 amide bonds. The summed E-state index contributed by atoms with van der Waals surface area (Å²) < 4.78 is 0. The number of fused-ring (bicyclic) bond motifs is 4. The van der Waals surface area contributed by atoms with E-state index in [1.54, 1.807) is 0 Å². The average molecular weight is 358 g/mol. The molecule has 144 valence electrons. The summed E-state index contributed by atoms with van der Waals surface area (Å²) in [6, 6.07) is 8.20. The van der Waals surface area contributed by atoms with E-state index in [2.05, 4.69) is 39.5 Å². The Labute approximate surface area is 158 Å². The van der Waals surface area contributed by atoms with Crippen LogP contribution >= 0.6 is 0 Å². The molecule has 3 aliphatic rings. The fourth-order valence-electron chi connectivity index (χ4n) is 5.00. The van der Waals surface area contributed by atoms with Gasteiger partial charge in [0.1, 0.15) is 5.82 Å². The maximum atomic E-state index is 4.84. The molecule has 2 heterocycles. The van der Waals surface area contributed by atoms with Crippen LogP contribution in [-0.2, 0) is 6.54 Å². The van der Waals surface area contributed by atoms with Crippen molar-refractivity contribution in [2.75, 3.05) is 25.0 Å². The van der Waals surface area contributed by atoms with Gasteiger partial charge in [-0.1, -0.05) is 31.7 Å². The van der Waals surface area contributed by atoms with Gasteiger partial charge < -0.3 is 21.3 Å². The van der Waals surface area contributed by atoms with Crippen LogP contribution in [0.2, 0.25) is 0 Å². The van der Waals surface area contributed by atoms with Gasteiger partial charge in [0.05, 0.1) is 5.69 Å². The Bertz CT molecular complexity index is 518. The number of rotatable bonds is 0. The van der Waals surface area contributed by atoms with Crippen molar-refractivity contribution in [1.82, 2.24) is 20.9 Å². The molecule has 2 fully saturated rings. The Morgan fingerprint density at radius 2 is 1.46 bits per heavy atom. The summed E-state index contributed by atoms with van der Waals surface area (Å²) in [5, 5.41) is 15.1.